The van der Waals surface area contributed by atoms with Crippen LogP contribution < -0.4 is 11.3 Å². The molecule has 0 aromatic carbocycles. The zero-order valence-electron chi connectivity index (χ0n) is 10.2. The first kappa shape index (κ1) is 15.6. The number of fused-ring (bicyclic) bond motifs is 3. The van der Waals surface area contributed by atoms with Crippen LogP contribution in [0.5, 0.6) is 0 Å². The molecule has 4 N–H and O–H groups in total. The molecule has 104 valence electrons. The summed E-state index contributed by atoms with van der Waals surface area (Å²) in [4.78, 5) is 30.5. The summed E-state index contributed by atoms with van der Waals surface area (Å²) in [5.74, 6) is -1.48. The van der Waals surface area contributed by atoms with Crippen LogP contribution in [-0.4, -0.2) is 28.1 Å². The number of carboxylic acids is 1. The molecule has 6 nitrogen and oxygen atoms in total. The van der Waals surface area contributed by atoms with Crippen molar-refractivity contribution in [1.29, 1.82) is 0 Å². The first-order valence-electron chi connectivity index (χ1n) is 5.52. The fraction of sp³-hybridized carbons (Fsp3) is 0.364. The van der Waals surface area contributed by atoms with Gasteiger partial charge in [0.05, 0.1) is 5.39 Å². The molecule has 3 rings (SSSR count). The first-order chi connectivity index (χ1) is 8.66. The quantitative estimate of drug-likeness (QED) is 0.732. The van der Waals surface area contributed by atoms with Crippen LogP contribution in [0.3, 0.4) is 0 Å². The van der Waals surface area contributed by atoms with Crippen LogP contribution in [0.4, 0.5) is 0 Å². The van der Waals surface area contributed by atoms with E-state index in [1.807, 2.05) is 0 Å². The molecule has 0 saturated carbocycles. The minimum atomic E-state index is -1.20. The molecule has 0 fully saturated rings. The molecule has 0 saturated heterocycles. The summed E-state index contributed by atoms with van der Waals surface area (Å²) < 4.78 is 0. The highest BCUT2D eigenvalue weighted by Gasteiger charge is 2.21. The van der Waals surface area contributed by atoms with E-state index in [1.54, 1.807) is 0 Å². The molecule has 1 aliphatic rings. The smallest absolute Gasteiger partial charge is 0.372 e. The highest BCUT2D eigenvalue weighted by atomic mass is 35.5. The number of aromatic nitrogens is 2. The van der Waals surface area contributed by atoms with E-state index in [-0.39, 0.29) is 23.8 Å². The van der Waals surface area contributed by atoms with E-state index in [1.165, 1.54) is 23.3 Å². The number of aromatic carboxylic acids is 1. The van der Waals surface area contributed by atoms with E-state index >= 15 is 0 Å². The summed E-state index contributed by atoms with van der Waals surface area (Å²) in [6, 6.07) is 0. The Morgan fingerprint density at radius 2 is 2.11 bits per heavy atom. The fourth-order valence-corrected chi connectivity index (χ4v) is 3.37. The lowest BCUT2D eigenvalue weighted by Gasteiger charge is -1.95. The highest BCUT2D eigenvalue weighted by molar-refractivity contribution is 7.18. The van der Waals surface area contributed by atoms with Gasteiger partial charge in [-0.05, 0) is 31.9 Å². The van der Waals surface area contributed by atoms with Crippen LogP contribution in [0.2, 0.25) is 0 Å². The summed E-state index contributed by atoms with van der Waals surface area (Å²) >= 11 is 1.44. The molecule has 0 atom stereocenters. The Kier molecular flexibility index (Phi) is 5.04. The minimum absolute atomic E-state index is 0. The largest absolute Gasteiger partial charge is 0.475 e. The maximum Gasteiger partial charge on any atom is 0.372 e. The Hall–Kier alpha value is -1.44. The van der Waals surface area contributed by atoms with Crippen LogP contribution in [0, 0.1) is 0 Å². The average molecular weight is 304 g/mol. The number of hydrogen-bond donors (Lipinski definition) is 3. The van der Waals surface area contributed by atoms with Crippen molar-refractivity contribution in [1.82, 2.24) is 9.97 Å². The third-order valence-corrected chi connectivity index (χ3v) is 3.96. The van der Waals surface area contributed by atoms with Gasteiger partial charge in [-0.15, -0.1) is 23.7 Å². The normalized spacial score (nSPS) is 12.3. The van der Waals surface area contributed by atoms with Crippen molar-refractivity contribution in [3.8, 4) is 0 Å². The molecular formula is C11H14ClN3O3S. The van der Waals surface area contributed by atoms with Gasteiger partial charge in [0.25, 0.3) is 5.56 Å². The van der Waals surface area contributed by atoms with Crippen molar-refractivity contribution in [3.05, 3.63) is 26.6 Å². The Labute approximate surface area is 119 Å². The predicted octanol–water partition coefficient (Wildman–Crippen LogP) is 1.17. The van der Waals surface area contributed by atoms with Gasteiger partial charge in [-0.25, -0.2) is 9.78 Å². The molecule has 0 aliphatic heterocycles. The SMILES string of the molecule is CN.Cl.O=C(O)c1nc2sc3c(c2c(=O)[nH]1)CCC3. The number of carboxylic acid groups (broad SMARTS) is 1. The minimum Gasteiger partial charge on any atom is -0.475 e. The monoisotopic (exact) mass is 303 g/mol. The summed E-state index contributed by atoms with van der Waals surface area (Å²) in [6.07, 6.45) is 2.93. The molecule has 2 heterocycles. The van der Waals surface area contributed by atoms with E-state index in [0.29, 0.717) is 10.2 Å². The topological polar surface area (TPSA) is 109 Å². The van der Waals surface area contributed by atoms with Gasteiger partial charge in [0.1, 0.15) is 4.83 Å². The number of hydrogen-bond acceptors (Lipinski definition) is 5. The van der Waals surface area contributed by atoms with Crippen LogP contribution in [0.25, 0.3) is 10.2 Å². The van der Waals surface area contributed by atoms with Crippen molar-refractivity contribution in [2.75, 3.05) is 7.05 Å². The second-order valence-electron chi connectivity index (χ2n) is 3.76. The Morgan fingerprint density at radius 1 is 1.42 bits per heavy atom. The van der Waals surface area contributed by atoms with Crippen molar-refractivity contribution < 1.29 is 9.90 Å². The number of aryl methyl sites for hydroxylation is 2. The van der Waals surface area contributed by atoms with Gasteiger partial charge in [-0.1, -0.05) is 0 Å². The third kappa shape index (κ3) is 2.63. The highest BCUT2D eigenvalue weighted by Crippen LogP contribution is 2.34. The van der Waals surface area contributed by atoms with Crippen LogP contribution >= 0.6 is 23.7 Å². The van der Waals surface area contributed by atoms with Crippen LogP contribution in [0.15, 0.2) is 4.79 Å². The van der Waals surface area contributed by atoms with E-state index in [9.17, 15) is 9.59 Å². The molecule has 8 heteroatoms. The maximum absolute atomic E-state index is 11.8. The maximum atomic E-state index is 11.8. The Bertz CT molecular complexity index is 665. The molecular weight excluding hydrogens is 290 g/mol. The van der Waals surface area contributed by atoms with Gasteiger partial charge in [-0.2, -0.15) is 0 Å². The average Bonchev–Trinajstić information content (AvgIpc) is 2.90. The van der Waals surface area contributed by atoms with Crippen molar-refractivity contribution in [2.45, 2.75) is 19.3 Å². The van der Waals surface area contributed by atoms with Gasteiger partial charge in [0.15, 0.2) is 0 Å². The molecule has 0 amide bonds. The Balaban J connectivity index is 0.000000576. The lowest BCUT2D eigenvalue weighted by molar-refractivity contribution is 0.0683. The van der Waals surface area contributed by atoms with Crippen LogP contribution in [-0.2, 0) is 12.8 Å². The number of H-pyrrole nitrogens is 1. The molecule has 2 aromatic rings. The van der Waals surface area contributed by atoms with Crippen molar-refractivity contribution in [3.63, 3.8) is 0 Å². The Morgan fingerprint density at radius 3 is 2.74 bits per heavy atom. The molecule has 0 radical (unpaired) electrons. The van der Waals surface area contributed by atoms with E-state index in [4.69, 9.17) is 5.11 Å². The van der Waals surface area contributed by atoms with E-state index in [2.05, 4.69) is 15.7 Å². The zero-order chi connectivity index (χ0) is 13.3. The van der Waals surface area contributed by atoms with E-state index < -0.39 is 5.97 Å². The second kappa shape index (κ2) is 6.14. The summed E-state index contributed by atoms with van der Waals surface area (Å²) in [6.45, 7) is 0. The summed E-state index contributed by atoms with van der Waals surface area (Å²) in [5.41, 5.74) is 5.23. The number of rotatable bonds is 1. The number of carbonyl (C=O) groups is 1. The van der Waals surface area contributed by atoms with Gasteiger partial charge in [0, 0.05) is 4.88 Å². The fourth-order valence-electron chi connectivity index (χ4n) is 2.10. The third-order valence-electron chi connectivity index (χ3n) is 2.78. The summed E-state index contributed by atoms with van der Waals surface area (Å²) in [5, 5.41) is 9.37. The molecule has 2 aromatic heterocycles. The first-order valence-corrected chi connectivity index (χ1v) is 6.34. The number of aromatic amines is 1. The molecule has 0 spiro atoms. The van der Waals surface area contributed by atoms with Crippen LogP contribution in [0.1, 0.15) is 27.5 Å². The number of thiophene rings is 1. The van der Waals surface area contributed by atoms with Crippen molar-refractivity contribution >= 4 is 39.9 Å². The standard InChI is InChI=1S/C10H8N2O3S.CH5N.ClH/c13-8-6-4-2-1-3-5(4)16-9(6)12-7(11-8)10(14)15;1-2;/h1-3H2,(H,14,15)(H,11,12,13);2H2,1H3;1H. The van der Waals surface area contributed by atoms with Gasteiger partial charge >= 0.3 is 5.97 Å². The molecule has 0 bridgehead atoms. The van der Waals surface area contributed by atoms with E-state index in [0.717, 1.165) is 24.8 Å². The van der Waals surface area contributed by atoms with Gasteiger partial charge < -0.3 is 15.8 Å². The van der Waals surface area contributed by atoms with Gasteiger partial charge in [-0.3, -0.25) is 4.79 Å². The number of nitrogens with two attached hydrogens (primary N) is 1. The molecule has 1 aliphatic carbocycles. The lowest BCUT2D eigenvalue weighted by Crippen LogP contribution is -2.15. The number of halogens is 1. The number of nitrogens with zero attached hydrogens (tertiary/aromatic N) is 1. The number of nitrogens with one attached hydrogen (secondary N) is 1. The predicted molar refractivity (Wildman–Crippen MR) is 76.6 cm³/mol. The lowest BCUT2D eigenvalue weighted by atomic mass is 10.2. The molecule has 19 heavy (non-hydrogen) atoms. The second-order valence-corrected chi connectivity index (χ2v) is 4.84. The van der Waals surface area contributed by atoms with Crippen molar-refractivity contribution in [2.24, 2.45) is 5.73 Å². The van der Waals surface area contributed by atoms with Gasteiger partial charge in [0.2, 0.25) is 5.82 Å². The summed E-state index contributed by atoms with van der Waals surface area (Å²) in [7, 11) is 1.50. The zero-order valence-corrected chi connectivity index (χ0v) is 11.9. The molecule has 0 unspecified atom stereocenters.